The van der Waals surface area contributed by atoms with Crippen LogP contribution in [0.2, 0.25) is 5.02 Å². The lowest BCUT2D eigenvalue weighted by atomic mass is 9.77. The molecule has 1 fully saturated rings. The van der Waals surface area contributed by atoms with Crippen LogP contribution in [0.5, 0.6) is 0 Å². The van der Waals surface area contributed by atoms with E-state index in [2.05, 4.69) is 6.92 Å². The van der Waals surface area contributed by atoms with Crippen LogP contribution in [0.25, 0.3) is 0 Å². The highest BCUT2D eigenvalue weighted by Crippen LogP contribution is 2.34. The molecule has 112 valence electrons. The highest BCUT2D eigenvalue weighted by molar-refractivity contribution is 6.30. The zero-order valence-electron chi connectivity index (χ0n) is 12.1. The minimum absolute atomic E-state index is 0.142. The Kier molecular flexibility index (Phi) is 5.86. The number of rotatable bonds is 5. The largest absolute Gasteiger partial charge is 0.392 e. The second kappa shape index (κ2) is 7.42. The Hall–Kier alpha value is -0.600. The van der Waals surface area contributed by atoms with Crippen molar-refractivity contribution in [1.29, 1.82) is 0 Å². The van der Waals surface area contributed by atoms with Crippen LogP contribution in [-0.2, 0) is 6.42 Å². The molecule has 1 aliphatic rings. The van der Waals surface area contributed by atoms with Gasteiger partial charge in [0.25, 0.3) is 0 Å². The Morgan fingerprint density at radius 1 is 1.30 bits per heavy atom. The molecule has 1 aliphatic carbocycles. The standard InChI is InChI=1S/C17H24ClFO/c1-2-3-12-4-7-14(8-5-12)17(20)11-13-6-9-15(18)16(19)10-13/h6,9-10,12,14,17,20H,2-5,7-8,11H2,1H3. The maximum atomic E-state index is 13.4. The maximum absolute atomic E-state index is 13.4. The molecule has 1 unspecified atom stereocenters. The van der Waals surface area contributed by atoms with Crippen molar-refractivity contribution in [3.8, 4) is 0 Å². The van der Waals surface area contributed by atoms with Gasteiger partial charge >= 0.3 is 0 Å². The van der Waals surface area contributed by atoms with Crippen LogP contribution in [0, 0.1) is 17.7 Å². The van der Waals surface area contributed by atoms with Gasteiger partial charge in [0.1, 0.15) is 5.82 Å². The molecule has 0 saturated heterocycles. The maximum Gasteiger partial charge on any atom is 0.142 e. The molecule has 0 bridgehead atoms. The van der Waals surface area contributed by atoms with Crippen LogP contribution in [0.1, 0.15) is 51.0 Å². The number of aliphatic hydroxyl groups excluding tert-OH is 1. The van der Waals surface area contributed by atoms with Crippen LogP contribution < -0.4 is 0 Å². The molecule has 0 aromatic heterocycles. The van der Waals surface area contributed by atoms with Crippen LogP contribution in [0.4, 0.5) is 4.39 Å². The van der Waals surface area contributed by atoms with Gasteiger partial charge < -0.3 is 5.11 Å². The van der Waals surface area contributed by atoms with E-state index in [9.17, 15) is 9.50 Å². The summed E-state index contributed by atoms with van der Waals surface area (Å²) in [7, 11) is 0. The van der Waals surface area contributed by atoms with Gasteiger partial charge in [-0.2, -0.15) is 0 Å². The van der Waals surface area contributed by atoms with E-state index < -0.39 is 5.82 Å². The Morgan fingerprint density at radius 2 is 2.00 bits per heavy atom. The smallest absolute Gasteiger partial charge is 0.142 e. The van der Waals surface area contributed by atoms with Crippen LogP contribution in [0.15, 0.2) is 18.2 Å². The first-order chi connectivity index (χ1) is 9.60. The number of hydrogen-bond acceptors (Lipinski definition) is 1. The lowest BCUT2D eigenvalue weighted by Crippen LogP contribution is -2.27. The van der Waals surface area contributed by atoms with Crippen LogP contribution in [0.3, 0.4) is 0 Å². The Balaban J connectivity index is 1.86. The summed E-state index contributed by atoms with van der Waals surface area (Å²) in [6.45, 7) is 2.23. The molecule has 1 nitrogen and oxygen atoms in total. The minimum atomic E-state index is -0.400. The monoisotopic (exact) mass is 298 g/mol. The third-order valence-electron chi connectivity index (χ3n) is 4.56. The summed E-state index contributed by atoms with van der Waals surface area (Å²) in [6, 6.07) is 4.81. The third kappa shape index (κ3) is 4.20. The normalized spacial score (nSPS) is 24.6. The molecule has 0 aliphatic heterocycles. The van der Waals surface area contributed by atoms with Gasteiger partial charge in [-0.1, -0.05) is 50.3 Å². The van der Waals surface area contributed by atoms with E-state index in [0.717, 1.165) is 24.3 Å². The fourth-order valence-corrected chi connectivity index (χ4v) is 3.46. The van der Waals surface area contributed by atoms with Gasteiger partial charge in [-0.3, -0.25) is 0 Å². The van der Waals surface area contributed by atoms with E-state index in [1.165, 1.54) is 31.7 Å². The van der Waals surface area contributed by atoms with Gasteiger partial charge in [0.05, 0.1) is 11.1 Å². The van der Waals surface area contributed by atoms with E-state index in [0.29, 0.717) is 12.3 Å². The fourth-order valence-electron chi connectivity index (χ4n) is 3.34. The number of hydrogen-bond donors (Lipinski definition) is 1. The SMILES string of the molecule is CCCC1CCC(C(O)Cc2ccc(Cl)c(F)c2)CC1. The molecule has 1 atom stereocenters. The highest BCUT2D eigenvalue weighted by Gasteiger charge is 2.26. The lowest BCUT2D eigenvalue weighted by Gasteiger charge is -2.31. The molecule has 3 heteroatoms. The Labute approximate surface area is 126 Å². The summed E-state index contributed by atoms with van der Waals surface area (Å²) in [4.78, 5) is 0. The van der Waals surface area contributed by atoms with E-state index in [4.69, 9.17) is 11.6 Å². The molecule has 0 radical (unpaired) electrons. The molecule has 20 heavy (non-hydrogen) atoms. The molecule has 0 heterocycles. The number of benzene rings is 1. The summed E-state index contributed by atoms with van der Waals surface area (Å²) in [5.74, 6) is 0.807. The van der Waals surface area contributed by atoms with Gasteiger partial charge in [-0.05, 0) is 48.8 Å². The van der Waals surface area contributed by atoms with Crippen molar-refractivity contribution in [2.45, 2.75) is 58.0 Å². The number of halogens is 2. The first kappa shape index (κ1) is 15.8. The molecular formula is C17H24ClFO. The summed E-state index contributed by atoms with van der Waals surface area (Å²) < 4.78 is 13.4. The van der Waals surface area contributed by atoms with Crippen molar-refractivity contribution in [2.75, 3.05) is 0 Å². The van der Waals surface area contributed by atoms with Gasteiger partial charge in [-0.25, -0.2) is 4.39 Å². The van der Waals surface area contributed by atoms with Gasteiger partial charge in [-0.15, -0.1) is 0 Å². The average Bonchev–Trinajstić information content (AvgIpc) is 2.44. The average molecular weight is 299 g/mol. The third-order valence-corrected chi connectivity index (χ3v) is 4.87. The van der Waals surface area contributed by atoms with Crippen molar-refractivity contribution in [1.82, 2.24) is 0 Å². The number of aliphatic hydroxyl groups is 1. The molecule has 1 N–H and O–H groups in total. The van der Waals surface area contributed by atoms with Gasteiger partial charge in [0.15, 0.2) is 0 Å². The summed E-state index contributed by atoms with van der Waals surface area (Å²) in [5, 5.41) is 10.5. The molecule has 0 spiro atoms. The highest BCUT2D eigenvalue weighted by atomic mass is 35.5. The quantitative estimate of drug-likeness (QED) is 0.812. The van der Waals surface area contributed by atoms with Crippen molar-refractivity contribution < 1.29 is 9.50 Å². The van der Waals surface area contributed by atoms with Crippen LogP contribution in [-0.4, -0.2) is 11.2 Å². The first-order valence-electron chi connectivity index (χ1n) is 7.72. The topological polar surface area (TPSA) is 20.2 Å². The molecule has 1 aromatic carbocycles. The first-order valence-corrected chi connectivity index (χ1v) is 8.10. The predicted octanol–water partition coefficient (Wildman–Crippen LogP) is 4.99. The predicted molar refractivity (Wildman–Crippen MR) is 81.5 cm³/mol. The molecule has 1 aromatic rings. The molecule has 1 saturated carbocycles. The Bertz CT molecular complexity index is 427. The zero-order valence-corrected chi connectivity index (χ0v) is 12.9. The van der Waals surface area contributed by atoms with Crippen molar-refractivity contribution in [3.63, 3.8) is 0 Å². The second-order valence-corrected chi connectivity index (χ2v) is 6.50. The zero-order chi connectivity index (χ0) is 14.5. The molecule has 2 rings (SSSR count). The van der Waals surface area contributed by atoms with Crippen LogP contribution >= 0.6 is 11.6 Å². The summed E-state index contributed by atoms with van der Waals surface area (Å²) in [6.07, 6.45) is 7.38. The van der Waals surface area contributed by atoms with E-state index in [1.54, 1.807) is 12.1 Å². The lowest BCUT2D eigenvalue weighted by molar-refractivity contribution is 0.0728. The second-order valence-electron chi connectivity index (χ2n) is 6.09. The molecule has 0 amide bonds. The summed E-state index contributed by atoms with van der Waals surface area (Å²) >= 11 is 5.67. The molecular weight excluding hydrogens is 275 g/mol. The minimum Gasteiger partial charge on any atom is -0.392 e. The van der Waals surface area contributed by atoms with Crippen molar-refractivity contribution in [3.05, 3.63) is 34.6 Å². The van der Waals surface area contributed by atoms with Crippen molar-refractivity contribution in [2.24, 2.45) is 11.8 Å². The van der Waals surface area contributed by atoms with E-state index >= 15 is 0 Å². The van der Waals surface area contributed by atoms with Crippen molar-refractivity contribution >= 4 is 11.6 Å². The summed E-state index contributed by atoms with van der Waals surface area (Å²) in [5.41, 5.74) is 0.829. The Morgan fingerprint density at radius 3 is 2.60 bits per heavy atom. The van der Waals surface area contributed by atoms with Gasteiger partial charge in [0, 0.05) is 0 Å². The van der Waals surface area contributed by atoms with E-state index in [-0.39, 0.29) is 11.1 Å². The van der Waals surface area contributed by atoms with Gasteiger partial charge in [0.2, 0.25) is 0 Å². The van der Waals surface area contributed by atoms with E-state index in [1.807, 2.05) is 0 Å². The fraction of sp³-hybridized carbons (Fsp3) is 0.647.